The van der Waals surface area contributed by atoms with Crippen LogP contribution in [0.1, 0.15) is 10.4 Å². The summed E-state index contributed by atoms with van der Waals surface area (Å²) in [6, 6.07) is 22.2. The van der Waals surface area contributed by atoms with Gasteiger partial charge in [0.25, 0.3) is 5.91 Å². The van der Waals surface area contributed by atoms with Crippen molar-refractivity contribution >= 4 is 38.9 Å². The number of ether oxygens (including phenoxy) is 2. The minimum atomic E-state index is -3.52. The Hall–Kier alpha value is -3.47. The van der Waals surface area contributed by atoms with Crippen LogP contribution in [0.5, 0.6) is 11.5 Å². The van der Waals surface area contributed by atoms with Crippen molar-refractivity contribution in [1.82, 2.24) is 9.62 Å². The molecule has 0 bridgehead atoms. The Bertz CT molecular complexity index is 1210. The summed E-state index contributed by atoms with van der Waals surface area (Å²) < 4.78 is 36.6. The fourth-order valence-electron chi connectivity index (χ4n) is 2.80. The van der Waals surface area contributed by atoms with Gasteiger partial charge in [-0.25, -0.2) is 12.7 Å². The molecule has 2 N–H and O–H groups in total. The standard InChI is InChI=1S/C24H25N3O5S2/c1-27(2)34(29,30)22-14-10-19(11-15-22)25-24(33)26-23(28)18-8-12-21(13-9-18)32-17-16-31-20-6-4-3-5-7-20/h3-15H,16-17H2,1-2H3,(H2,25,26,28,33). The molecule has 3 rings (SSSR count). The first-order valence-electron chi connectivity index (χ1n) is 10.3. The molecule has 178 valence electrons. The zero-order valence-corrected chi connectivity index (χ0v) is 20.4. The summed E-state index contributed by atoms with van der Waals surface area (Å²) in [6.07, 6.45) is 0. The van der Waals surface area contributed by atoms with Gasteiger partial charge in [0.2, 0.25) is 10.0 Å². The molecule has 34 heavy (non-hydrogen) atoms. The molecule has 0 aromatic heterocycles. The molecule has 3 aromatic carbocycles. The molecule has 0 aliphatic carbocycles. The molecule has 0 aliphatic rings. The molecule has 0 fully saturated rings. The summed E-state index contributed by atoms with van der Waals surface area (Å²) in [5, 5.41) is 5.54. The maximum absolute atomic E-state index is 12.5. The normalized spacial score (nSPS) is 11.0. The van der Waals surface area contributed by atoms with Gasteiger partial charge in [-0.05, 0) is 72.9 Å². The lowest BCUT2D eigenvalue weighted by Crippen LogP contribution is -2.34. The molecule has 0 saturated carbocycles. The predicted octanol–water partition coefficient (Wildman–Crippen LogP) is 3.52. The van der Waals surface area contributed by atoms with Gasteiger partial charge in [-0.1, -0.05) is 18.2 Å². The fourth-order valence-corrected chi connectivity index (χ4v) is 3.91. The Balaban J connectivity index is 1.46. The lowest BCUT2D eigenvalue weighted by atomic mass is 10.2. The van der Waals surface area contributed by atoms with E-state index in [1.54, 1.807) is 36.4 Å². The Kier molecular flexibility index (Phi) is 8.58. The van der Waals surface area contributed by atoms with Crippen LogP contribution in [0.4, 0.5) is 5.69 Å². The van der Waals surface area contributed by atoms with Crippen LogP contribution in [0.25, 0.3) is 0 Å². The molecule has 0 aliphatic heterocycles. The van der Waals surface area contributed by atoms with E-state index < -0.39 is 10.0 Å². The van der Waals surface area contributed by atoms with Crippen LogP contribution in [0.3, 0.4) is 0 Å². The van der Waals surface area contributed by atoms with Crippen molar-refractivity contribution in [1.29, 1.82) is 0 Å². The van der Waals surface area contributed by atoms with E-state index in [2.05, 4.69) is 10.6 Å². The van der Waals surface area contributed by atoms with Gasteiger partial charge in [-0.15, -0.1) is 0 Å². The van der Waals surface area contributed by atoms with Gasteiger partial charge < -0.3 is 14.8 Å². The van der Waals surface area contributed by atoms with Gasteiger partial charge in [-0.3, -0.25) is 10.1 Å². The average molecular weight is 500 g/mol. The quantitative estimate of drug-likeness (QED) is 0.343. The number of anilines is 1. The number of nitrogens with one attached hydrogen (secondary N) is 2. The van der Waals surface area contributed by atoms with Crippen LogP contribution in [0.2, 0.25) is 0 Å². The zero-order valence-electron chi connectivity index (χ0n) is 18.7. The third kappa shape index (κ3) is 7.01. The van der Waals surface area contributed by atoms with Gasteiger partial charge in [0.05, 0.1) is 4.90 Å². The largest absolute Gasteiger partial charge is 0.490 e. The van der Waals surface area contributed by atoms with E-state index in [1.807, 2.05) is 30.3 Å². The first-order valence-corrected chi connectivity index (χ1v) is 12.2. The van der Waals surface area contributed by atoms with Crippen LogP contribution in [0.15, 0.2) is 83.8 Å². The highest BCUT2D eigenvalue weighted by atomic mass is 32.2. The van der Waals surface area contributed by atoms with Gasteiger partial charge >= 0.3 is 0 Å². The van der Waals surface area contributed by atoms with Crippen molar-refractivity contribution < 1.29 is 22.7 Å². The molecule has 8 nitrogen and oxygen atoms in total. The first-order chi connectivity index (χ1) is 16.3. The maximum Gasteiger partial charge on any atom is 0.257 e. The molecular weight excluding hydrogens is 474 g/mol. The third-order valence-corrected chi connectivity index (χ3v) is 6.63. The molecule has 0 saturated heterocycles. The number of para-hydroxylation sites is 1. The monoisotopic (exact) mass is 499 g/mol. The number of benzene rings is 3. The highest BCUT2D eigenvalue weighted by Crippen LogP contribution is 2.17. The van der Waals surface area contributed by atoms with Crippen molar-refractivity contribution in [2.24, 2.45) is 0 Å². The topological polar surface area (TPSA) is 97.0 Å². The Morgan fingerprint density at radius 1 is 0.853 bits per heavy atom. The number of thiocarbonyl (C=S) groups is 1. The second-order valence-electron chi connectivity index (χ2n) is 7.25. The van der Waals surface area contributed by atoms with Crippen LogP contribution in [-0.2, 0) is 10.0 Å². The minimum absolute atomic E-state index is 0.0894. The SMILES string of the molecule is CN(C)S(=O)(=O)c1ccc(NC(=S)NC(=O)c2ccc(OCCOc3ccccc3)cc2)cc1. The zero-order chi connectivity index (χ0) is 24.6. The Morgan fingerprint density at radius 2 is 1.41 bits per heavy atom. The van der Waals surface area contributed by atoms with Crippen molar-refractivity contribution in [3.63, 3.8) is 0 Å². The number of amides is 1. The van der Waals surface area contributed by atoms with Gasteiger partial charge in [0.1, 0.15) is 24.7 Å². The van der Waals surface area contributed by atoms with E-state index in [4.69, 9.17) is 21.7 Å². The van der Waals surface area contributed by atoms with Crippen LogP contribution in [-0.4, -0.2) is 51.1 Å². The third-order valence-electron chi connectivity index (χ3n) is 4.60. The lowest BCUT2D eigenvalue weighted by Gasteiger charge is -2.13. The number of carbonyl (C=O) groups is 1. The van der Waals surface area contributed by atoms with Crippen molar-refractivity contribution in [2.75, 3.05) is 32.6 Å². The van der Waals surface area contributed by atoms with Crippen LogP contribution < -0.4 is 20.1 Å². The molecule has 3 aromatic rings. The van der Waals surface area contributed by atoms with Gasteiger partial charge in [-0.2, -0.15) is 0 Å². The predicted molar refractivity (Wildman–Crippen MR) is 135 cm³/mol. The van der Waals surface area contributed by atoms with Crippen molar-refractivity contribution in [3.8, 4) is 11.5 Å². The number of hydrogen-bond acceptors (Lipinski definition) is 6. The van der Waals surface area contributed by atoms with E-state index in [-0.39, 0.29) is 15.9 Å². The molecule has 1 amide bonds. The number of hydrogen-bond donors (Lipinski definition) is 2. The Morgan fingerprint density at radius 3 is 1.97 bits per heavy atom. The Labute approximate surface area is 204 Å². The molecule has 0 unspecified atom stereocenters. The summed E-state index contributed by atoms with van der Waals surface area (Å²) in [4.78, 5) is 12.6. The van der Waals surface area contributed by atoms with Crippen molar-refractivity contribution in [2.45, 2.75) is 4.90 Å². The average Bonchev–Trinajstić information content (AvgIpc) is 2.83. The molecule has 10 heteroatoms. The van der Waals surface area contributed by atoms with Gasteiger partial charge in [0, 0.05) is 25.3 Å². The maximum atomic E-state index is 12.5. The summed E-state index contributed by atoms with van der Waals surface area (Å²) >= 11 is 5.19. The van der Waals surface area contributed by atoms with E-state index in [1.165, 1.54) is 26.2 Å². The van der Waals surface area contributed by atoms with E-state index in [0.29, 0.717) is 30.2 Å². The lowest BCUT2D eigenvalue weighted by molar-refractivity contribution is 0.0977. The van der Waals surface area contributed by atoms with E-state index >= 15 is 0 Å². The van der Waals surface area contributed by atoms with Crippen LogP contribution in [0, 0.1) is 0 Å². The summed E-state index contributed by atoms with van der Waals surface area (Å²) in [5.41, 5.74) is 0.953. The molecule has 0 heterocycles. The number of sulfonamides is 1. The highest BCUT2D eigenvalue weighted by molar-refractivity contribution is 7.89. The van der Waals surface area contributed by atoms with E-state index in [0.717, 1.165) is 10.1 Å². The minimum Gasteiger partial charge on any atom is -0.490 e. The molecular formula is C24H25N3O5S2. The second kappa shape index (κ2) is 11.6. The van der Waals surface area contributed by atoms with Crippen molar-refractivity contribution in [3.05, 3.63) is 84.4 Å². The van der Waals surface area contributed by atoms with E-state index in [9.17, 15) is 13.2 Å². The number of rotatable bonds is 9. The number of nitrogens with zero attached hydrogens (tertiary/aromatic N) is 1. The molecule has 0 spiro atoms. The first kappa shape index (κ1) is 25.2. The molecule has 0 atom stereocenters. The number of carbonyl (C=O) groups excluding carboxylic acids is 1. The van der Waals surface area contributed by atoms with Crippen LogP contribution >= 0.6 is 12.2 Å². The highest BCUT2D eigenvalue weighted by Gasteiger charge is 2.16. The smallest absolute Gasteiger partial charge is 0.257 e. The summed E-state index contributed by atoms with van der Waals surface area (Å²) in [6.45, 7) is 0.761. The second-order valence-corrected chi connectivity index (χ2v) is 9.81. The molecule has 0 radical (unpaired) electrons. The summed E-state index contributed by atoms with van der Waals surface area (Å²) in [5.74, 6) is 1.00. The van der Waals surface area contributed by atoms with Gasteiger partial charge in [0.15, 0.2) is 5.11 Å². The fraction of sp³-hybridized carbons (Fsp3) is 0.167. The summed E-state index contributed by atoms with van der Waals surface area (Å²) in [7, 11) is -0.588.